The molecule has 3 nitrogen and oxygen atoms in total. The summed E-state index contributed by atoms with van der Waals surface area (Å²) in [7, 11) is 0. The van der Waals surface area contributed by atoms with Gasteiger partial charge in [0.2, 0.25) is 5.91 Å². The number of rotatable bonds is 2. The van der Waals surface area contributed by atoms with Gasteiger partial charge >= 0.3 is 0 Å². The van der Waals surface area contributed by atoms with Gasteiger partial charge in [-0.05, 0) is 18.4 Å². The summed E-state index contributed by atoms with van der Waals surface area (Å²) in [6.45, 7) is 2.28. The Labute approximate surface area is 95.8 Å². The lowest BCUT2D eigenvalue weighted by molar-refractivity contribution is -0.120. The zero-order chi connectivity index (χ0) is 11.4. The van der Waals surface area contributed by atoms with Crippen LogP contribution in [0, 0.1) is 0 Å². The van der Waals surface area contributed by atoms with Crippen LogP contribution in [0.2, 0.25) is 0 Å². The van der Waals surface area contributed by atoms with Gasteiger partial charge in [-0.2, -0.15) is 0 Å². The van der Waals surface area contributed by atoms with E-state index in [1.165, 1.54) is 5.56 Å². The van der Waals surface area contributed by atoms with E-state index >= 15 is 0 Å². The topological polar surface area (TPSA) is 38.3 Å². The highest BCUT2D eigenvalue weighted by molar-refractivity contribution is 5.73. The van der Waals surface area contributed by atoms with E-state index in [-0.39, 0.29) is 18.1 Å². The highest BCUT2D eigenvalue weighted by Gasteiger charge is 2.23. The summed E-state index contributed by atoms with van der Waals surface area (Å²) in [5.41, 5.74) is 1.19. The van der Waals surface area contributed by atoms with Crippen molar-refractivity contribution >= 4 is 5.91 Å². The summed E-state index contributed by atoms with van der Waals surface area (Å²) in [4.78, 5) is 11.0. The Morgan fingerprint density at radius 1 is 1.38 bits per heavy atom. The normalized spacial score (nSPS) is 25.1. The van der Waals surface area contributed by atoms with Gasteiger partial charge in [0.05, 0.1) is 6.10 Å². The minimum absolute atomic E-state index is 0.0405. The highest BCUT2D eigenvalue weighted by atomic mass is 16.5. The van der Waals surface area contributed by atoms with E-state index in [9.17, 15) is 4.79 Å². The van der Waals surface area contributed by atoms with Crippen molar-refractivity contribution in [1.82, 2.24) is 5.32 Å². The molecule has 1 N–H and O–H groups in total. The van der Waals surface area contributed by atoms with Crippen molar-refractivity contribution in [2.75, 3.05) is 6.61 Å². The van der Waals surface area contributed by atoms with E-state index in [0.29, 0.717) is 6.61 Å². The predicted octanol–water partition coefficient (Wildman–Crippen LogP) is 2.04. The van der Waals surface area contributed by atoms with Crippen LogP contribution >= 0.6 is 0 Å². The number of carbonyl (C=O) groups excluding carboxylic acids is 1. The largest absolute Gasteiger partial charge is 0.373 e. The number of carbonyl (C=O) groups is 1. The molecule has 0 saturated carbocycles. The van der Waals surface area contributed by atoms with Gasteiger partial charge in [0, 0.05) is 19.6 Å². The number of benzene rings is 1. The molecule has 1 fully saturated rings. The van der Waals surface area contributed by atoms with E-state index in [1.54, 1.807) is 6.92 Å². The molecule has 0 aliphatic carbocycles. The van der Waals surface area contributed by atoms with E-state index in [0.717, 1.165) is 12.8 Å². The Morgan fingerprint density at radius 2 is 2.12 bits per heavy atom. The van der Waals surface area contributed by atoms with E-state index in [1.807, 2.05) is 18.2 Å². The average molecular weight is 219 g/mol. The van der Waals surface area contributed by atoms with Gasteiger partial charge in [-0.15, -0.1) is 0 Å². The van der Waals surface area contributed by atoms with Gasteiger partial charge in [0.15, 0.2) is 0 Å². The minimum atomic E-state index is 0.0405. The number of hydrogen-bond acceptors (Lipinski definition) is 2. The first-order valence-corrected chi connectivity index (χ1v) is 5.69. The molecule has 1 aliphatic heterocycles. The van der Waals surface area contributed by atoms with E-state index in [4.69, 9.17) is 4.74 Å². The lowest BCUT2D eigenvalue weighted by atomic mass is 9.97. The second-order valence-electron chi connectivity index (χ2n) is 4.19. The van der Waals surface area contributed by atoms with Crippen LogP contribution in [0.1, 0.15) is 31.4 Å². The third kappa shape index (κ3) is 2.83. The number of nitrogens with one attached hydrogen (secondary N) is 1. The third-order valence-corrected chi connectivity index (χ3v) is 2.86. The number of amides is 1. The predicted molar refractivity (Wildman–Crippen MR) is 62.0 cm³/mol. The van der Waals surface area contributed by atoms with Gasteiger partial charge in [0.25, 0.3) is 0 Å². The van der Waals surface area contributed by atoms with E-state index in [2.05, 4.69) is 17.4 Å². The van der Waals surface area contributed by atoms with Crippen LogP contribution in [0.4, 0.5) is 0 Å². The van der Waals surface area contributed by atoms with Gasteiger partial charge in [0.1, 0.15) is 0 Å². The van der Waals surface area contributed by atoms with Crippen molar-refractivity contribution in [3.8, 4) is 0 Å². The second kappa shape index (κ2) is 5.12. The van der Waals surface area contributed by atoms with Crippen molar-refractivity contribution in [2.45, 2.75) is 31.9 Å². The van der Waals surface area contributed by atoms with Gasteiger partial charge in [-0.25, -0.2) is 0 Å². The molecule has 0 aromatic heterocycles. The smallest absolute Gasteiger partial charge is 0.217 e. The Bertz CT molecular complexity index is 350. The zero-order valence-corrected chi connectivity index (χ0v) is 9.48. The lowest BCUT2D eigenvalue weighted by Gasteiger charge is -2.30. The van der Waals surface area contributed by atoms with Crippen LogP contribution in [0.3, 0.4) is 0 Å². The Hall–Kier alpha value is -1.35. The maximum Gasteiger partial charge on any atom is 0.217 e. The molecule has 2 rings (SSSR count). The first-order valence-electron chi connectivity index (χ1n) is 5.69. The van der Waals surface area contributed by atoms with Crippen molar-refractivity contribution in [1.29, 1.82) is 0 Å². The summed E-state index contributed by atoms with van der Waals surface area (Å²) in [5.74, 6) is 0.0405. The fourth-order valence-corrected chi connectivity index (χ4v) is 2.12. The van der Waals surface area contributed by atoms with Crippen LogP contribution in [0.25, 0.3) is 0 Å². The summed E-state index contributed by atoms with van der Waals surface area (Å²) in [5, 5.41) is 2.96. The molecule has 1 saturated heterocycles. The SMILES string of the molecule is CC(=O)N[C@H]1CCO[C@H](c2ccccc2)C1. The molecule has 2 atom stereocenters. The molecule has 0 spiro atoms. The minimum Gasteiger partial charge on any atom is -0.373 e. The summed E-state index contributed by atoms with van der Waals surface area (Å²) in [6.07, 6.45) is 1.89. The maximum absolute atomic E-state index is 11.0. The monoisotopic (exact) mass is 219 g/mol. The Kier molecular flexibility index (Phi) is 3.57. The molecular weight excluding hydrogens is 202 g/mol. The lowest BCUT2D eigenvalue weighted by Crippen LogP contribution is -2.38. The van der Waals surface area contributed by atoms with Crippen LogP contribution in [0.15, 0.2) is 30.3 Å². The molecule has 0 radical (unpaired) electrons. The van der Waals surface area contributed by atoms with E-state index < -0.39 is 0 Å². The van der Waals surface area contributed by atoms with Crippen molar-refractivity contribution in [3.05, 3.63) is 35.9 Å². The molecule has 3 heteroatoms. The van der Waals surface area contributed by atoms with Crippen LogP contribution in [-0.4, -0.2) is 18.6 Å². The van der Waals surface area contributed by atoms with Crippen LogP contribution in [-0.2, 0) is 9.53 Å². The molecule has 86 valence electrons. The first-order chi connectivity index (χ1) is 7.75. The fourth-order valence-electron chi connectivity index (χ4n) is 2.12. The van der Waals surface area contributed by atoms with Gasteiger partial charge in [-0.1, -0.05) is 30.3 Å². The molecule has 0 unspecified atom stereocenters. The van der Waals surface area contributed by atoms with Crippen molar-refractivity contribution < 1.29 is 9.53 Å². The molecule has 1 aromatic rings. The average Bonchev–Trinajstić information content (AvgIpc) is 2.30. The van der Waals surface area contributed by atoms with Crippen molar-refractivity contribution in [2.24, 2.45) is 0 Å². The summed E-state index contributed by atoms with van der Waals surface area (Å²) < 4.78 is 5.72. The summed E-state index contributed by atoms with van der Waals surface area (Å²) >= 11 is 0. The zero-order valence-electron chi connectivity index (χ0n) is 9.48. The standard InChI is InChI=1S/C13H17NO2/c1-10(15)14-12-7-8-16-13(9-12)11-5-3-2-4-6-11/h2-6,12-13H,7-9H2,1H3,(H,14,15)/t12-,13-/m0/s1. The molecule has 0 bridgehead atoms. The molecule has 16 heavy (non-hydrogen) atoms. The molecular formula is C13H17NO2. The Morgan fingerprint density at radius 3 is 2.81 bits per heavy atom. The third-order valence-electron chi connectivity index (χ3n) is 2.86. The van der Waals surface area contributed by atoms with Crippen LogP contribution in [0.5, 0.6) is 0 Å². The maximum atomic E-state index is 11.0. The van der Waals surface area contributed by atoms with Crippen molar-refractivity contribution in [3.63, 3.8) is 0 Å². The van der Waals surface area contributed by atoms with Crippen LogP contribution < -0.4 is 5.32 Å². The van der Waals surface area contributed by atoms with Gasteiger partial charge < -0.3 is 10.1 Å². The van der Waals surface area contributed by atoms with Gasteiger partial charge in [-0.3, -0.25) is 4.79 Å². The molecule has 1 aromatic carbocycles. The fraction of sp³-hybridized carbons (Fsp3) is 0.462. The highest BCUT2D eigenvalue weighted by Crippen LogP contribution is 2.27. The quantitative estimate of drug-likeness (QED) is 0.826. The molecule has 1 aliphatic rings. The second-order valence-corrected chi connectivity index (χ2v) is 4.19. The molecule has 1 amide bonds. The summed E-state index contributed by atoms with van der Waals surface area (Å²) in [6, 6.07) is 10.4. The molecule has 1 heterocycles. The first kappa shape index (κ1) is 11.1. The number of hydrogen-bond donors (Lipinski definition) is 1. The Balaban J connectivity index is 1.99. The number of ether oxygens (including phenoxy) is 1.